The second-order valence-electron chi connectivity index (χ2n) is 9.47. The fourth-order valence-electron chi connectivity index (χ4n) is 5.35. The Labute approximate surface area is 210 Å². The molecule has 7 heteroatoms. The van der Waals surface area contributed by atoms with Gasteiger partial charge in [0.15, 0.2) is 0 Å². The van der Waals surface area contributed by atoms with Gasteiger partial charge < -0.3 is 14.7 Å². The second kappa shape index (κ2) is 9.53. The molecule has 0 aliphatic carbocycles. The van der Waals surface area contributed by atoms with Crippen LogP contribution in [-0.4, -0.2) is 35.6 Å². The van der Waals surface area contributed by atoms with Crippen LogP contribution >= 0.6 is 11.6 Å². The van der Waals surface area contributed by atoms with Gasteiger partial charge in [-0.2, -0.15) is 0 Å². The molecule has 3 aromatic carbocycles. The Balaban J connectivity index is 1.50. The molecule has 3 N–H and O–H groups in total. The van der Waals surface area contributed by atoms with Crippen LogP contribution in [0, 0.1) is 19.8 Å². The Bertz CT molecular complexity index is 1230. The molecule has 35 heavy (non-hydrogen) atoms. The average molecular weight is 492 g/mol. The number of rotatable bonds is 6. The summed E-state index contributed by atoms with van der Waals surface area (Å²) < 4.78 is 5.27. The van der Waals surface area contributed by atoms with Gasteiger partial charge in [0.1, 0.15) is 17.5 Å². The van der Waals surface area contributed by atoms with E-state index in [4.69, 9.17) is 16.3 Å². The van der Waals surface area contributed by atoms with Crippen LogP contribution in [0.4, 0.5) is 0 Å². The lowest BCUT2D eigenvalue weighted by Crippen LogP contribution is -2.42. The van der Waals surface area contributed by atoms with E-state index < -0.39 is 6.04 Å². The van der Waals surface area contributed by atoms with Gasteiger partial charge >= 0.3 is 0 Å². The summed E-state index contributed by atoms with van der Waals surface area (Å²) in [5.41, 5.74) is 11.4. The van der Waals surface area contributed by atoms with Crippen LogP contribution in [0.2, 0.25) is 5.02 Å². The van der Waals surface area contributed by atoms with Crippen molar-refractivity contribution in [2.24, 2.45) is 5.92 Å². The number of benzene rings is 3. The number of nitrogens with zero attached hydrogens (tertiary/aromatic N) is 1. The maximum atomic E-state index is 13.7. The highest BCUT2D eigenvalue weighted by atomic mass is 35.5. The van der Waals surface area contributed by atoms with Crippen molar-refractivity contribution in [1.29, 1.82) is 0 Å². The molecular formula is C28H30ClN3O3. The predicted molar refractivity (Wildman–Crippen MR) is 136 cm³/mol. The minimum Gasteiger partial charge on any atom is -0.508 e. The quantitative estimate of drug-likeness (QED) is 0.469. The number of fused-ring (bicyclic) bond motifs is 1. The minimum absolute atomic E-state index is 0.0572. The molecule has 4 unspecified atom stereocenters. The summed E-state index contributed by atoms with van der Waals surface area (Å²) in [7, 11) is 1.65. The number of halogens is 1. The van der Waals surface area contributed by atoms with Gasteiger partial charge in [0.05, 0.1) is 19.2 Å². The van der Waals surface area contributed by atoms with Crippen molar-refractivity contribution in [1.82, 2.24) is 15.8 Å². The molecule has 0 bridgehead atoms. The zero-order chi connectivity index (χ0) is 24.7. The van der Waals surface area contributed by atoms with E-state index in [1.165, 1.54) is 5.56 Å². The van der Waals surface area contributed by atoms with E-state index in [0.29, 0.717) is 17.1 Å². The third-order valence-electron chi connectivity index (χ3n) is 7.28. The third-order valence-corrected chi connectivity index (χ3v) is 7.68. The summed E-state index contributed by atoms with van der Waals surface area (Å²) in [5, 5.41) is 11.4. The van der Waals surface area contributed by atoms with E-state index in [0.717, 1.165) is 28.9 Å². The summed E-state index contributed by atoms with van der Waals surface area (Å²) in [6.45, 7) is 4.51. The lowest BCUT2D eigenvalue weighted by molar-refractivity contribution is -0.130. The highest BCUT2D eigenvalue weighted by Crippen LogP contribution is 2.49. The van der Waals surface area contributed by atoms with Crippen molar-refractivity contribution in [3.8, 4) is 11.5 Å². The van der Waals surface area contributed by atoms with E-state index in [1.807, 2.05) is 42.2 Å². The Hall–Kier alpha value is -3.06. The standard InChI is InChI=1S/C28H30ClN3O3/c1-16-4-8-19(9-5-16)27-24-25(21-15-22(29)17(2)14-23(21)33)30-31-26(24)28(34)32(27)13-12-18-6-10-20(35-3)11-7-18/h4-11,14-15,24-27,30-31,33H,12-13H2,1-3H3. The lowest BCUT2D eigenvalue weighted by Gasteiger charge is -2.32. The number of aryl methyl sites for hydroxylation is 2. The monoisotopic (exact) mass is 491 g/mol. The number of phenols is 1. The fraction of sp³-hybridized carbons (Fsp3) is 0.321. The van der Waals surface area contributed by atoms with E-state index in [9.17, 15) is 9.90 Å². The van der Waals surface area contributed by atoms with Crippen LogP contribution < -0.4 is 15.6 Å². The molecule has 2 saturated heterocycles. The molecule has 0 aromatic heterocycles. The van der Waals surface area contributed by atoms with Gasteiger partial charge in [-0.3, -0.25) is 4.79 Å². The van der Waals surface area contributed by atoms with Gasteiger partial charge in [0.25, 0.3) is 0 Å². The zero-order valence-electron chi connectivity index (χ0n) is 20.1. The van der Waals surface area contributed by atoms with Gasteiger partial charge in [-0.05, 0) is 61.2 Å². The van der Waals surface area contributed by atoms with Crippen LogP contribution in [0.3, 0.4) is 0 Å². The highest BCUT2D eigenvalue weighted by Gasteiger charge is 2.55. The number of hydrogen-bond acceptors (Lipinski definition) is 5. The van der Waals surface area contributed by atoms with Crippen molar-refractivity contribution in [2.45, 2.75) is 38.4 Å². The van der Waals surface area contributed by atoms with Crippen LogP contribution in [0.15, 0.2) is 60.7 Å². The summed E-state index contributed by atoms with van der Waals surface area (Å²) in [6, 6.07) is 19.0. The van der Waals surface area contributed by atoms with Crippen molar-refractivity contribution >= 4 is 17.5 Å². The number of hydrazine groups is 1. The molecule has 0 spiro atoms. The first-order valence-corrected chi connectivity index (χ1v) is 12.2. The molecular weight excluding hydrogens is 462 g/mol. The Morgan fingerprint density at radius 3 is 2.37 bits per heavy atom. The van der Waals surface area contributed by atoms with Crippen molar-refractivity contribution < 1.29 is 14.6 Å². The molecule has 182 valence electrons. The van der Waals surface area contributed by atoms with Crippen LogP contribution in [-0.2, 0) is 11.2 Å². The van der Waals surface area contributed by atoms with E-state index in [2.05, 4.69) is 42.0 Å². The SMILES string of the molecule is COc1ccc(CCN2C(=O)C3NNC(c4cc(Cl)c(C)cc4O)C3C2c2ccc(C)cc2)cc1. The van der Waals surface area contributed by atoms with Gasteiger partial charge in [0.2, 0.25) is 5.91 Å². The van der Waals surface area contributed by atoms with Crippen molar-refractivity contribution in [3.05, 3.63) is 93.5 Å². The molecule has 2 aliphatic heterocycles. The molecule has 4 atom stereocenters. The van der Waals surface area contributed by atoms with E-state index in [-0.39, 0.29) is 29.7 Å². The number of phenolic OH excluding ortho intramolecular Hbond substituents is 1. The van der Waals surface area contributed by atoms with Crippen molar-refractivity contribution in [2.75, 3.05) is 13.7 Å². The van der Waals surface area contributed by atoms with Crippen LogP contribution in [0.5, 0.6) is 11.5 Å². The van der Waals surface area contributed by atoms with Gasteiger partial charge in [-0.15, -0.1) is 0 Å². The van der Waals surface area contributed by atoms with Gasteiger partial charge in [-0.25, -0.2) is 10.9 Å². The molecule has 6 nitrogen and oxygen atoms in total. The maximum Gasteiger partial charge on any atom is 0.242 e. The highest BCUT2D eigenvalue weighted by molar-refractivity contribution is 6.31. The molecule has 2 aliphatic rings. The van der Waals surface area contributed by atoms with E-state index in [1.54, 1.807) is 13.2 Å². The number of likely N-dealkylation sites (tertiary alicyclic amines) is 1. The minimum atomic E-state index is -0.401. The number of hydrogen-bond donors (Lipinski definition) is 3. The number of methoxy groups -OCH3 is 1. The zero-order valence-corrected chi connectivity index (χ0v) is 20.8. The Kier molecular flexibility index (Phi) is 6.45. The summed E-state index contributed by atoms with van der Waals surface area (Å²) >= 11 is 6.43. The number of nitrogens with one attached hydrogen (secondary N) is 2. The molecule has 0 radical (unpaired) electrons. The van der Waals surface area contributed by atoms with Crippen molar-refractivity contribution in [3.63, 3.8) is 0 Å². The van der Waals surface area contributed by atoms with Gasteiger partial charge in [-0.1, -0.05) is 53.6 Å². The van der Waals surface area contributed by atoms with Crippen LogP contribution in [0.1, 0.15) is 39.9 Å². The first-order valence-electron chi connectivity index (χ1n) is 11.9. The molecule has 5 rings (SSSR count). The molecule has 3 aromatic rings. The lowest BCUT2D eigenvalue weighted by atomic mass is 9.82. The number of carbonyl (C=O) groups excluding carboxylic acids is 1. The maximum absolute atomic E-state index is 13.7. The fourth-order valence-corrected chi connectivity index (χ4v) is 5.52. The molecule has 0 saturated carbocycles. The number of amides is 1. The predicted octanol–water partition coefficient (Wildman–Crippen LogP) is 4.63. The van der Waals surface area contributed by atoms with Gasteiger partial charge in [0, 0.05) is 23.0 Å². The second-order valence-corrected chi connectivity index (χ2v) is 9.87. The smallest absolute Gasteiger partial charge is 0.242 e. The summed E-state index contributed by atoms with van der Waals surface area (Å²) in [5.74, 6) is 0.930. The first-order chi connectivity index (χ1) is 16.9. The van der Waals surface area contributed by atoms with Crippen LogP contribution in [0.25, 0.3) is 0 Å². The summed E-state index contributed by atoms with van der Waals surface area (Å²) in [4.78, 5) is 15.6. The number of ether oxygens (including phenoxy) is 1. The number of aromatic hydroxyl groups is 1. The topological polar surface area (TPSA) is 73.8 Å². The normalized spacial score (nSPS) is 23.5. The first kappa shape index (κ1) is 23.7. The average Bonchev–Trinajstić information content (AvgIpc) is 3.40. The van der Waals surface area contributed by atoms with E-state index >= 15 is 0 Å². The molecule has 2 fully saturated rings. The number of carbonyl (C=O) groups is 1. The molecule has 1 amide bonds. The summed E-state index contributed by atoms with van der Waals surface area (Å²) in [6.07, 6.45) is 0.733. The Morgan fingerprint density at radius 2 is 1.69 bits per heavy atom. The largest absolute Gasteiger partial charge is 0.508 e. The molecule has 2 heterocycles. The Morgan fingerprint density at radius 1 is 1.00 bits per heavy atom. The third kappa shape index (κ3) is 4.38.